The van der Waals surface area contributed by atoms with Crippen LogP contribution in [0.25, 0.3) is 0 Å². The lowest BCUT2D eigenvalue weighted by Gasteiger charge is -2.00. The number of carbonyl (C=O) groups excluding carboxylic acids is 1. The van der Waals surface area contributed by atoms with E-state index in [1.165, 1.54) is 12.1 Å². The summed E-state index contributed by atoms with van der Waals surface area (Å²) in [5.41, 5.74) is 0.0815. The zero-order valence-corrected chi connectivity index (χ0v) is 7.57. The monoisotopic (exact) mass is 263 g/mol. The number of carbonyl (C=O) groups is 1. The van der Waals surface area contributed by atoms with Crippen molar-refractivity contribution in [3.05, 3.63) is 33.4 Å². The summed E-state index contributed by atoms with van der Waals surface area (Å²) in [5, 5.41) is 10.3. The van der Waals surface area contributed by atoms with E-state index in [0.29, 0.717) is 3.57 Å². The largest absolute Gasteiger partial charge is 0.545 e. The molecule has 4 heteroatoms. The number of halogens is 1. The molecule has 0 spiro atoms. The van der Waals surface area contributed by atoms with Gasteiger partial charge < -0.3 is 9.90 Å². The van der Waals surface area contributed by atoms with Gasteiger partial charge in [-0.15, -0.1) is 0 Å². The third kappa shape index (κ3) is 2.07. The molecular formula is C7H4IO3-. The van der Waals surface area contributed by atoms with Gasteiger partial charge in [-0.05, 0) is 17.7 Å². The SMILES string of the molecule is O=Ic1cccc(C(=O)[O-])c1. The van der Waals surface area contributed by atoms with Gasteiger partial charge in [-0.1, -0.05) is 12.1 Å². The van der Waals surface area contributed by atoms with E-state index >= 15 is 0 Å². The molecule has 0 saturated carbocycles. The lowest BCUT2D eigenvalue weighted by Crippen LogP contribution is -2.22. The van der Waals surface area contributed by atoms with Crippen LogP contribution in [0.2, 0.25) is 0 Å². The number of benzene rings is 1. The molecule has 0 heterocycles. The van der Waals surface area contributed by atoms with Gasteiger partial charge in [-0.25, -0.2) is 0 Å². The van der Waals surface area contributed by atoms with E-state index in [4.69, 9.17) is 0 Å². The van der Waals surface area contributed by atoms with Crippen LogP contribution in [0, 0.1) is 3.57 Å². The van der Waals surface area contributed by atoms with Gasteiger partial charge in [-0.2, -0.15) is 0 Å². The Hall–Kier alpha value is -0.780. The molecule has 0 saturated heterocycles. The zero-order chi connectivity index (χ0) is 8.27. The Morgan fingerprint density at radius 3 is 2.73 bits per heavy atom. The van der Waals surface area contributed by atoms with Crippen molar-refractivity contribution in [1.82, 2.24) is 0 Å². The Morgan fingerprint density at radius 1 is 1.45 bits per heavy atom. The van der Waals surface area contributed by atoms with Crippen LogP contribution in [0.4, 0.5) is 0 Å². The molecule has 0 aliphatic rings. The smallest absolute Gasteiger partial charge is 0.182 e. The zero-order valence-electron chi connectivity index (χ0n) is 5.41. The number of carboxylic acids is 1. The Labute approximate surface area is 73.7 Å². The Kier molecular flexibility index (Phi) is 2.70. The summed E-state index contributed by atoms with van der Waals surface area (Å²) in [6, 6.07) is 5.97. The maximum Gasteiger partial charge on any atom is 0.182 e. The maximum absolute atomic E-state index is 10.4. The summed E-state index contributed by atoms with van der Waals surface area (Å²) in [5.74, 6) is -1.23. The topological polar surface area (TPSA) is 57.2 Å². The summed E-state index contributed by atoms with van der Waals surface area (Å²) in [4.78, 5) is 10.3. The number of rotatable bonds is 2. The fraction of sp³-hybridized carbons (Fsp3) is 0. The van der Waals surface area contributed by atoms with Crippen molar-refractivity contribution in [2.24, 2.45) is 0 Å². The molecule has 0 bridgehead atoms. The van der Waals surface area contributed by atoms with Crippen LogP contribution >= 0.6 is 21.2 Å². The van der Waals surface area contributed by atoms with E-state index < -0.39 is 27.2 Å². The van der Waals surface area contributed by atoms with Crippen molar-refractivity contribution >= 4 is 27.2 Å². The van der Waals surface area contributed by atoms with Gasteiger partial charge in [0.25, 0.3) is 0 Å². The molecule has 58 valence electrons. The molecule has 0 N–H and O–H groups in total. The first-order chi connectivity index (χ1) is 5.24. The van der Waals surface area contributed by atoms with E-state index in [-0.39, 0.29) is 5.56 Å². The second-order valence-electron chi connectivity index (χ2n) is 1.87. The van der Waals surface area contributed by atoms with Crippen LogP contribution < -0.4 is 5.11 Å². The van der Waals surface area contributed by atoms with Crippen molar-refractivity contribution in [3.8, 4) is 0 Å². The molecule has 0 radical (unpaired) electrons. The minimum Gasteiger partial charge on any atom is -0.545 e. The van der Waals surface area contributed by atoms with Crippen LogP contribution in [0.5, 0.6) is 0 Å². The summed E-state index contributed by atoms with van der Waals surface area (Å²) >= 11 is -1.27. The van der Waals surface area contributed by atoms with Gasteiger partial charge in [0.05, 0.1) is 5.97 Å². The van der Waals surface area contributed by atoms with Crippen LogP contribution in [-0.4, -0.2) is 5.97 Å². The first kappa shape index (κ1) is 8.32. The van der Waals surface area contributed by atoms with Crippen LogP contribution in [0.1, 0.15) is 10.4 Å². The summed E-state index contributed by atoms with van der Waals surface area (Å²) in [6.45, 7) is 0. The molecule has 11 heavy (non-hydrogen) atoms. The van der Waals surface area contributed by atoms with E-state index in [0.717, 1.165) is 0 Å². The second-order valence-corrected chi connectivity index (χ2v) is 3.56. The molecule has 1 aromatic rings. The Balaban J connectivity index is 3.10. The van der Waals surface area contributed by atoms with Crippen molar-refractivity contribution < 1.29 is 13.0 Å². The third-order valence-electron chi connectivity index (χ3n) is 1.15. The molecule has 0 atom stereocenters. The lowest BCUT2D eigenvalue weighted by molar-refractivity contribution is -0.255. The summed E-state index contributed by atoms with van der Waals surface area (Å²) < 4.78 is 11.0. The number of carboxylic acid groups (broad SMARTS) is 1. The van der Waals surface area contributed by atoms with Gasteiger partial charge in [0.2, 0.25) is 0 Å². The first-order valence-corrected chi connectivity index (χ1v) is 4.78. The highest BCUT2D eigenvalue weighted by molar-refractivity contribution is 14.1. The van der Waals surface area contributed by atoms with Gasteiger partial charge in [0.15, 0.2) is 21.2 Å². The van der Waals surface area contributed by atoms with E-state index in [2.05, 4.69) is 0 Å². The highest BCUT2D eigenvalue weighted by atomic mass is 127. The van der Waals surface area contributed by atoms with Crippen molar-refractivity contribution in [2.45, 2.75) is 0 Å². The van der Waals surface area contributed by atoms with Gasteiger partial charge >= 0.3 is 0 Å². The second kappa shape index (κ2) is 3.56. The average molecular weight is 263 g/mol. The molecule has 3 nitrogen and oxygen atoms in total. The van der Waals surface area contributed by atoms with Crippen LogP contribution in [-0.2, 0) is 3.07 Å². The molecule has 1 rings (SSSR count). The van der Waals surface area contributed by atoms with Gasteiger partial charge in [0, 0.05) is 3.57 Å². The minimum absolute atomic E-state index is 0.0815. The fourth-order valence-electron chi connectivity index (χ4n) is 0.663. The highest BCUT2D eigenvalue weighted by Gasteiger charge is 1.94. The number of aromatic carboxylic acids is 1. The molecule has 0 fully saturated rings. The molecule has 0 aromatic heterocycles. The predicted octanol–water partition coefficient (Wildman–Crippen LogP) is 0.536. The van der Waals surface area contributed by atoms with E-state index in [1.807, 2.05) is 0 Å². The molecule has 1 aromatic carbocycles. The third-order valence-corrected chi connectivity index (χ3v) is 2.33. The highest BCUT2D eigenvalue weighted by Crippen LogP contribution is 2.10. The standard InChI is InChI=1S/C7H5IO3/c9-7(10)5-2-1-3-6(4-5)8-11/h1-4H,(H,9,10)/p-1. The van der Waals surface area contributed by atoms with Crippen LogP contribution in [0.15, 0.2) is 24.3 Å². The van der Waals surface area contributed by atoms with Crippen molar-refractivity contribution in [2.75, 3.05) is 0 Å². The summed E-state index contributed by atoms with van der Waals surface area (Å²) in [7, 11) is 0. The van der Waals surface area contributed by atoms with Crippen LogP contribution in [0.3, 0.4) is 0 Å². The Bertz CT molecular complexity index is 295. The summed E-state index contributed by atoms with van der Waals surface area (Å²) in [6.07, 6.45) is 0. The van der Waals surface area contributed by atoms with Gasteiger partial charge in [-0.3, -0.25) is 3.07 Å². The molecule has 0 amide bonds. The van der Waals surface area contributed by atoms with Crippen molar-refractivity contribution in [1.29, 1.82) is 0 Å². The minimum atomic E-state index is -1.27. The molecule has 0 unspecified atom stereocenters. The lowest BCUT2D eigenvalue weighted by atomic mass is 10.2. The van der Waals surface area contributed by atoms with E-state index in [1.54, 1.807) is 12.1 Å². The normalized spacial score (nSPS) is 9.45. The quantitative estimate of drug-likeness (QED) is 0.731. The molecule has 0 aliphatic carbocycles. The molecular weight excluding hydrogens is 259 g/mol. The van der Waals surface area contributed by atoms with Gasteiger partial charge in [0.1, 0.15) is 0 Å². The number of hydrogen-bond acceptors (Lipinski definition) is 3. The van der Waals surface area contributed by atoms with E-state index in [9.17, 15) is 13.0 Å². The predicted molar refractivity (Wildman–Crippen MR) is 44.2 cm³/mol. The number of hydrogen-bond donors (Lipinski definition) is 0. The fourth-order valence-corrected chi connectivity index (χ4v) is 1.48. The molecule has 0 aliphatic heterocycles. The van der Waals surface area contributed by atoms with Crippen molar-refractivity contribution in [3.63, 3.8) is 0 Å². The first-order valence-electron chi connectivity index (χ1n) is 2.82. The average Bonchev–Trinajstić information content (AvgIpc) is 2.05. The Morgan fingerprint density at radius 2 is 2.18 bits per heavy atom. The maximum atomic E-state index is 10.4.